The van der Waals surface area contributed by atoms with E-state index in [2.05, 4.69) is 27.4 Å². The lowest BCUT2D eigenvalue weighted by Crippen LogP contribution is -2.28. The zero-order chi connectivity index (χ0) is 12.5. The Kier molecular flexibility index (Phi) is 2.96. The van der Waals surface area contributed by atoms with Gasteiger partial charge in [-0.15, -0.1) is 11.3 Å². The molecule has 0 bridgehead atoms. The second-order valence-electron chi connectivity index (χ2n) is 4.80. The summed E-state index contributed by atoms with van der Waals surface area (Å²) in [4.78, 5) is 6.94. The summed E-state index contributed by atoms with van der Waals surface area (Å²) >= 11 is 1.74. The van der Waals surface area contributed by atoms with Gasteiger partial charge >= 0.3 is 0 Å². The van der Waals surface area contributed by atoms with E-state index < -0.39 is 0 Å². The van der Waals surface area contributed by atoms with Gasteiger partial charge in [0.25, 0.3) is 0 Å². The molecule has 94 valence electrons. The third-order valence-electron chi connectivity index (χ3n) is 3.32. The molecule has 0 radical (unpaired) electrons. The summed E-state index contributed by atoms with van der Waals surface area (Å²) < 4.78 is 0. The highest BCUT2D eigenvalue weighted by molar-refractivity contribution is 7.09. The molecular formula is C14H17N3S. The van der Waals surface area contributed by atoms with Crippen molar-refractivity contribution in [1.82, 2.24) is 4.98 Å². The van der Waals surface area contributed by atoms with Crippen molar-refractivity contribution < 1.29 is 0 Å². The summed E-state index contributed by atoms with van der Waals surface area (Å²) in [6.45, 7) is 4.03. The summed E-state index contributed by atoms with van der Waals surface area (Å²) in [5, 5.41) is 3.29. The Bertz CT molecular complexity index is 562. The number of fused-ring (bicyclic) bond motifs is 1. The van der Waals surface area contributed by atoms with Gasteiger partial charge in [0.15, 0.2) is 0 Å². The number of aryl methyl sites for hydroxylation is 2. The van der Waals surface area contributed by atoms with Gasteiger partial charge in [-0.05, 0) is 37.5 Å². The lowest BCUT2D eigenvalue weighted by atomic mass is 10.0. The molecule has 0 aliphatic carbocycles. The second kappa shape index (κ2) is 4.61. The number of aromatic nitrogens is 1. The van der Waals surface area contributed by atoms with Crippen LogP contribution < -0.4 is 10.6 Å². The zero-order valence-corrected chi connectivity index (χ0v) is 11.3. The van der Waals surface area contributed by atoms with Crippen molar-refractivity contribution in [2.24, 2.45) is 0 Å². The molecule has 1 aliphatic heterocycles. The predicted molar refractivity (Wildman–Crippen MR) is 77.1 cm³/mol. The largest absolute Gasteiger partial charge is 0.399 e. The molecule has 4 heteroatoms. The molecule has 0 spiro atoms. The van der Waals surface area contributed by atoms with Crippen LogP contribution in [0, 0.1) is 6.92 Å². The molecule has 2 N–H and O–H groups in total. The minimum Gasteiger partial charge on any atom is -0.399 e. The summed E-state index contributed by atoms with van der Waals surface area (Å²) in [7, 11) is 0. The van der Waals surface area contributed by atoms with Gasteiger partial charge in [0.2, 0.25) is 0 Å². The average molecular weight is 259 g/mol. The quantitative estimate of drug-likeness (QED) is 0.843. The smallest absolute Gasteiger partial charge is 0.112 e. The number of nitrogens with zero attached hydrogens (tertiary/aromatic N) is 2. The first-order chi connectivity index (χ1) is 8.72. The van der Waals surface area contributed by atoms with Crippen LogP contribution in [0.15, 0.2) is 23.6 Å². The fourth-order valence-corrected chi connectivity index (χ4v) is 3.26. The van der Waals surface area contributed by atoms with Gasteiger partial charge in [0.1, 0.15) is 5.01 Å². The minimum absolute atomic E-state index is 0.843. The molecule has 1 aromatic carbocycles. The molecule has 2 aromatic rings. The Balaban J connectivity index is 1.88. The fourth-order valence-electron chi connectivity index (χ4n) is 2.47. The number of benzene rings is 1. The Morgan fingerprint density at radius 2 is 2.33 bits per heavy atom. The summed E-state index contributed by atoms with van der Waals surface area (Å²) in [5.41, 5.74) is 10.5. The van der Waals surface area contributed by atoms with E-state index >= 15 is 0 Å². The molecule has 1 aliphatic rings. The van der Waals surface area contributed by atoms with Gasteiger partial charge in [-0.2, -0.15) is 0 Å². The van der Waals surface area contributed by atoms with E-state index in [1.807, 2.05) is 13.0 Å². The highest BCUT2D eigenvalue weighted by Crippen LogP contribution is 2.30. The molecule has 3 nitrogen and oxygen atoms in total. The van der Waals surface area contributed by atoms with Crippen molar-refractivity contribution in [3.63, 3.8) is 0 Å². The van der Waals surface area contributed by atoms with Crippen LogP contribution in [0.5, 0.6) is 0 Å². The van der Waals surface area contributed by atoms with Gasteiger partial charge in [-0.25, -0.2) is 4.98 Å². The normalized spacial score (nSPS) is 14.6. The Morgan fingerprint density at radius 3 is 3.11 bits per heavy atom. The number of anilines is 2. The number of rotatable bonds is 2. The number of hydrogen-bond acceptors (Lipinski definition) is 4. The highest BCUT2D eigenvalue weighted by Gasteiger charge is 2.18. The van der Waals surface area contributed by atoms with Gasteiger partial charge in [0, 0.05) is 29.0 Å². The van der Waals surface area contributed by atoms with E-state index in [9.17, 15) is 0 Å². The number of nitrogens with two attached hydrogens (primary N) is 1. The van der Waals surface area contributed by atoms with Gasteiger partial charge < -0.3 is 10.6 Å². The Morgan fingerprint density at radius 1 is 1.44 bits per heavy atom. The SMILES string of the molecule is Cc1csc(CN2CCCc3ccc(N)cc32)n1. The van der Waals surface area contributed by atoms with Crippen molar-refractivity contribution >= 4 is 22.7 Å². The number of nitrogen functional groups attached to an aromatic ring is 1. The maximum absolute atomic E-state index is 5.90. The van der Waals surface area contributed by atoms with E-state index in [0.717, 1.165) is 30.9 Å². The highest BCUT2D eigenvalue weighted by atomic mass is 32.1. The monoisotopic (exact) mass is 259 g/mol. The van der Waals surface area contributed by atoms with Crippen LogP contribution in [-0.4, -0.2) is 11.5 Å². The van der Waals surface area contributed by atoms with Crippen LogP contribution >= 0.6 is 11.3 Å². The molecule has 0 saturated heterocycles. The molecule has 0 fully saturated rings. The summed E-state index contributed by atoms with van der Waals surface area (Å²) in [6.07, 6.45) is 2.37. The molecule has 0 unspecified atom stereocenters. The molecule has 0 saturated carbocycles. The lowest BCUT2D eigenvalue weighted by Gasteiger charge is -2.30. The average Bonchev–Trinajstić information content (AvgIpc) is 2.76. The van der Waals surface area contributed by atoms with Crippen molar-refractivity contribution in [2.75, 3.05) is 17.2 Å². The van der Waals surface area contributed by atoms with E-state index in [-0.39, 0.29) is 0 Å². The lowest BCUT2D eigenvalue weighted by molar-refractivity contribution is 0.689. The third kappa shape index (κ3) is 2.20. The molecule has 3 rings (SSSR count). The first kappa shape index (κ1) is 11.5. The van der Waals surface area contributed by atoms with Crippen molar-refractivity contribution in [1.29, 1.82) is 0 Å². The van der Waals surface area contributed by atoms with Crippen LogP contribution in [0.1, 0.15) is 22.7 Å². The predicted octanol–water partition coefficient (Wildman–Crippen LogP) is 2.99. The van der Waals surface area contributed by atoms with E-state index in [0.29, 0.717) is 0 Å². The molecule has 18 heavy (non-hydrogen) atoms. The minimum atomic E-state index is 0.843. The van der Waals surface area contributed by atoms with E-state index in [4.69, 9.17) is 5.73 Å². The number of hydrogen-bond donors (Lipinski definition) is 1. The Labute approximate surface area is 111 Å². The van der Waals surface area contributed by atoms with E-state index in [1.54, 1.807) is 11.3 Å². The van der Waals surface area contributed by atoms with Crippen molar-refractivity contribution in [3.8, 4) is 0 Å². The van der Waals surface area contributed by atoms with Crippen LogP contribution in [0.3, 0.4) is 0 Å². The van der Waals surface area contributed by atoms with Crippen molar-refractivity contribution in [2.45, 2.75) is 26.3 Å². The molecule has 0 atom stereocenters. The fraction of sp³-hybridized carbons (Fsp3) is 0.357. The molecular weight excluding hydrogens is 242 g/mol. The van der Waals surface area contributed by atoms with Crippen LogP contribution in [-0.2, 0) is 13.0 Å². The molecule has 0 amide bonds. The van der Waals surface area contributed by atoms with Gasteiger partial charge in [-0.3, -0.25) is 0 Å². The third-order valence-corrected chi connectivity index (χ3v) is 4.27. The summed E-state index contributed by atoms with van der Waals surface area (Å²) in [5.74, 6) is 0. The van der Waals surface area contributed by atoms with Gasteiger partial charge in [-0.1, -0.05) is 6.07 Å². The number of thiazole rings is 1. The maximum Gasteiger partial charge on any atom is 0.112 e. The molecule has 2 heterocycles. The van der Waals surface area contributed by atoms with Crippen LogP contribution in [0.25, 0.3) is 0 Å². The Hall–Kier alpha value is -1.55. The van der Waals surface area contributed by atoms with Crippen molar-refractivity contribution in [3.05, 3.63) is 39.8 Å². The topological polar surface area (TPSA) is 42.1 Å². The first-order valence-corrected chi connectivity index (χ1v) is 7.15. The zero-order valence-electron chi connectivity index (χ0n) is 10.5. The summed E-state index contributed by atoms with van der Waals surface area (Å²) in [6, 6.07) is 6.24. The maximum atomic E-state index is 5.90. The van der Waals surface area contributed by atoms with E-state index in [1.165, 1.54) is 22.7 Å². The molecule has 1 aromatic heterocycles. The first-order valence-electron chi connectivity index (χ1n) is 6.27. The van der Waals surface area contributed by atoms with Crippen LogP contribution in [0.2, 0.25) is 0 Å². The standard InChI is InChI=1S/C14H17N3S/c1-10-9-18-14(16-10)8-17-6-2-3-11-4-5-12(15)7-13(11)17/h4-5,7,9H,2-3,6,8,15H2,1H3. The van der Waals surface area contributed by atoms with Crippen LogP contribution in [0.4, 0.5) is 11.4 Å². The van der Waals surface area contributed by atoms with Gasteiger partial charge in [0.05, 0.1) is 6.54 Å². The second-order valence-corrected chi connectivity index (χ2v) is 5.74.